The van der Waals surface area contributed by atoms with Gasteiger partial charge in [-0.05, 0) is 27.0 Å². The highest BCUT2D eigenvalue weighted by Gasteiger charge is 2.05. The van der Waals surface area contributed by atoms with Gasteiger partial charge in [0.25, 0.3) is 0 Å². The molecule has 1 aromatic rings. The predicted molar refractivity (Wildman–Crippen MR) is 67.4 cm³/mol. The van der Waals surface area contributed by atoms with Gasteiger partial charge >= 0.3 is 0 Å². The average Bonchev–Trinajstić information content (AvgIpc) is 2.63. The second-order valence-corrected chi connectivity index (χ2v) is 4.36. The lowest BCUT2D eigenvalue weighted by Crippen LogP contribution is -2.37. The normalized spacial score (nSPS) is 11.1. The topological polar surface area (TPSA) is 76.2 Å². The van der Waals surface area contributed by atoms with Gasteiger partial charge in [0, 0.05) is 25.3 Å². The Balaban J connectivity index is 2.22. The third-order valence-electron chi connectivity index (χ3n) is 2.64. The molecule has 1 amide bonds. The summed E-state index contributed by atoms with van der Waals surface area (Å²) in [6.07, 6.45) is 1.69. The van der Waals surface area contributed by atoms with E-state index in [9.17, 15) is 4.79 Å². The molecule has 0 bridgehead atoms. The number of carbonyl (C=O) groups is 1. The molecule has 0 aliphatic rings. The predicted octanol–water partition coefficient (Wildman–Crippen LogP) is -0.0783. The number of hydrogen-bond acceptors (Lipinski definition) is 4. The molecule has 3 N–H and O–H groups in total. The van der Waals surface area contributed by atoms with E-state index in [0.717, 1.165) is 6.54 Å². The Kier molecular flexibility index (Phi) is 4.96. The van der Waals surface area contributed by atoms with Gasteiger partial charge in [0.15, 0.2) is 0 Å². The first-order valence-electron chi connectivity index (χ1n) is 5.75. The third kappa shape index (κ3) is 4.86. The highest BCUT2D eigenvalue weighted by atomic mass is 16.2. The molecular formula is C11H21N5O. The van der Waals surface area contributed by atoms with Crippen molar-refractivity contribution in [2.24, 2.45) is 0 Å². The fraction of sp³-hybridized carbons (Fsp3) is 0.636. The molecule has 0 atom stereocenters. The SMILES string of the molecule is CC(C)N(C)CCNC(=O)Cn1ccc(N)n1. The van der Waals surface area contributed by atoms with E-state index in [0.29, 0.717) is 18.4 Å². The van der Waals surface area contributed by atoms with Crippen LogP contribution in [0.15, 0.2) is 12.3 Å². The van der Waals surface area contributed by atoms with Crippen LogP contribution in [0.4, 0.5) is 5.82 Å². The zero-order valence-electron chi connectivity index (χ0n) is 10.7. The molecule has 6 nitrogen and oxygen atoms in total. The zero-order chi connectivity index (χ0) is 12.8. The Morgan fingerprint density at radius 1 is 1.65 bits per heavy atom. The number of nitrogens with one attached hydrogen (secondary N) is 1. The minimum atomic E-state index is -0.0507. The first kappa shape index (κ1) is 13.5. The molecule has 0 radical (unpaired) electrons. The second kappa shape index (κ2) is 6.24. The van der Waals surface area contributed by atoms with Gasteiger partial charge in [-0.25, -0.2) is 0 Å². The number of carbonyl (C=O) groups excluding carboxylic acids is 1. The van der Waals surface area contributed by atoms with Crippen LogP contribution in [0.5, 0.6) is 0 Å². The Morgan fingerprint density at radius 3 is 2.88 bits per heavy atom. The number of likely N-dealkylation sites (N-methyl/N-ethyl adjacent to an activating group) is 1. The fourth-order valence-corrected chi connectivity index (χ4v) is 1.30. The number of nitrogen functional groups attached to an aromatic ring is 1. The van der Waals surface area contributed by atoms with E-state index >= 15 is 0 Å². The highest BCUT2D eigenvalue weighted by Crippen LogP contribution is 1.95. The quantitative estimate of drug-likeness (QED) is 0.728. The Morgan fingerprint density at radius 2 is 2.35 bits per heavy atom. The van der Waals surface area contributed by atoms with Crippen LogP contribution in [0.25, 0.3) is 0 Å². The van der Waals surface area contributed by atoms with Crippen LogP contribution in [0.1, 0.15) is 13.8 Å². The molecule has 0 spiro atoms. The Labute approximate surface area is 102 Å². The van der Waals surface area contributed by atoms with Crippen molar-refractivity contribution in [2.75, 3.05) is 25.9 Å². The van der Waals surface area contributed by atoms with Crippen LogP contribution >= 0.6 is 0 Å². The molecule has 6 heteroatoms. The van der Waals surface area contributed by atoms with Crippen molar-refractivity contribution in [3.8, 4) is 0 Å². The van der Waals surface area contributed by atoms with E-state index in [1.165, 1.54) is 4.68 Å². The lowest BCUT2D eigenvalue weighted by atomic mass is 10.3. The largest absolute Gasteiger partial charge is 0.382 e. The van der Waals surface area contributed by atoms with Crippen LogP contribution in [-0.2, 0) is 11.3 Å². The van der Waals surface area contributed by atoms with E-state index in [2.05, 4.69) is 29.2 Å². The first-order valence-corrected chi connectivity index (χ1v) is 5.75. The number of nitrogens with zero attached hydrogens (tertiary/aromatic N) is 3. The van der Waals surface area contributed by atoms with E-state index < -0.39 is 0 Å². The van der Waals surface area contributed by atoms with Crippen molar-refractivity contribution in [1.82, 2.24) is 20.0 Å². The van der Waals surface area contributed by atoms with Crippen LogP contribution < -0.4 is 11.1 Å². The molecule has 0 unspecified atom stereocenters. The maximum absolute atomic E-state index is 11.5. The number of rotatable bonds is 6. The van der Waals surface area contributed by atoms with Crippen molar-refractivity contribution in [3.63, 3.8) is 0 Å². The van der Waals surface area contributed by atoms with E-state index in [1.807, 2.05) is 7.05 Å². The zero-order valence-corrected chi connectivity index (χ0v) is 10.7. The summed E-state index contributed by atoms with van der Waals surface area (Å²) in [6.45, 7) is 5.93. The summed E-state index contributed by atoms with van der Waals surface area (Å²) in [5.74, 6) is 0.377. The minimum absolute atomic E-state index is 0.0507. The first-order chi connectivity index (χ1) is 7.99. The lowest BCUT2D eigenvalue weighted by Gasteiger charge is -2.20. The summed E-state index contributed by atoms with van der Waals surface area (Å²) in [5, 5.41) is 6.79. The van der Waals surface area contributed by atoms with Gasteiger partial charge in [0.1, 0.15) is 12.4 Å². The molecule has 96 valence electrons. The molecule has 1 rings (SSSR count). The number of amides is 1. The number of aromatic nitrogens is 2. The van der Waals surface area contributed by atoms with E-state index in [-0.39, 0.29) is 12.5 Å². The maximum atomic E-state index is 11.5. The molecule has 0 aliphatic carbocycles. The smallest absolute Gasteiger partial charge is 0.241 e. The van der Waals surface area contributed by atoms with Gasteiger partial charge in [-0.15, -0.1) is 0 Å². The van der Waals surface area contributed by atoms with Crippen molar-refractivity contribution < 1.29 is 4.79 Å². The van der Waals surface area contributed by atoms with Gasteiger partial charge in [-0.3, -0.25) is 9.48 Å². The molecule has 0 fully saturated rings. The summed E-state index contributed by atoms with van der Waals surface area (Å²) < 4.78 is 1.52. The standard InChI is InChI=1S/C11H21N5O/c1-9(2)15(3)7-5-13-11(17)8-16-6-4-10(12)14-16/h4,6,9H,5,7-8H2,1-3H3,(H2,12,14)(H,13,17). The molecule has 0 saturated heterocycles. The van der Waals surface area contributed by atoms with Crippen molar-refractivity contribution in [1.29, 1.82) is 0 Å². The van der Waals surface area contributed by atoms with Gasteiger partial charge in [-0.1, -0.05) is 0 Å². The molecule has 17 heavy (non-hydrogen) atoms. The van der Waals surface area contributed by atoms with Crippen molar-refractivity contribution in [2.45, 2.75) is 26.4 Å². The number of anilines is 1. The minimum Gasteiger partial charge on any atom is -0.382 e. The molecule has 1 heterocycles. The summed E-state index contributed by atoms with van der Waals surface area (Å²) in [4.78, 5) is 13.7. The van der Waals surface area contributed by atoms with E-state index in [4.69, 9.17) is 5.73 Å². The number of hydrogen-bond donors (Lipinski definition) is 2. The van der Waals surface area contributed by atoms with Crippen LogP contribution in [-0.4, -0.2) is 46.8 Å². The third-order valence-corrected chi connectivity index (χ3v) is 2.64. The van der Waals surface area contributed by atoms with Crippen molar-refractivity contribution >= 4 is 11.7 Å². The fourth-order valence-electron chi connectivity index (χ4n) is 1.30. The lowest BCUT2D eigenvalue weighted by molar-refractivity contribution is -0.121. The summed E-state index contributed by atoms with van der Waals surface area (Å²) >= 11 is 0. The molecule has 0 aromatic carbocycles. The molecule has 1 aromatic heterocycles. The van der Waals surface area contributed by atoms with Gasteiger partial charge in [0.05, 0.1) is 0 Å². The van der Waals surface area contributed by atoms with Crippen LogP contribution in [0.2, 0.25) is 0 Å². The monoisotopic (exact) mass is 239 g/mol. The van der Waals surface area contributed by atoms with Gasteiger partial charge < -0.3 is 16.0 Å². The van der Waals surface area contributed by atoms with Gasteiger partial charge in [0.2, 0.25) is 5.91 Å². The average molecular weight is 239 g/mol. The summed E-state index contributed by atoms with van der Waals surface area (Å²) in [5.41, 5.74) is 5.46. The highest BCUT2D eigenvalue weighted by molar-refractivity contribution is 5.75. The number of nitrogens with two attached hydrogens (primary N) is 1. The molecule has 0 aliphatic heterocycles. The molecular weight excluding hydrogens is 218 g/mol. The van der Waals surface area contributed by atoms with E-state index in [1.54, 1.807) is 12.3 Å². The van der Waals surface area contributed by atoms with Crippen LogP contribution in [0.3, 0.4) is 0 Å². The second-order valence-electron chi connectivity index (χ2n) is 4.36. The Bertz CT molecular complexity index is 360. The van der Waals surface area contributed by atoms with Gasteiger partial charge in [-0.2, -0.15) is 5.10 Å². The Hall–Kier alpha value is -1.56. The summed E-state index contributed by atoms with van der Waals surface area (Å²) in [6, 6.07) is 2.15. The maximum Gasteiger partial charge on any atom is 0.241 e. The van der Waals surface area contributed by atoms with Crippen LogP contribution in [0, 0.1) is 0 Å². The summed E-state index contributed by atoms with van der Waals surface area (Å²) in [7, 11) is 2.03. The van der Waals surface area contributed by atoms with Crippen molar-refractivity contribution in [3.05, 3.63) is 12.3 Å². The molecule has 0 saturated carbocycles.